The third-order valence-corrected chi connectivity index (χ3v) is 7.02. The van der Waals surface area contributed by atoms with E-state index in [1.807, 2.05) is 6.92 Å². The molecule has 0 atom stereocenters. The molecule has 1 N–H and O–H groups in total. The predicted molar refractivity (Wildman–Crippen MR) is 119 cm³/mol. The molecule has 0 saturated heterocycles. The number of hydrogen-bond donors (Lipinski definition) is 1. The Balaban J connectivity index is 1.59. The van der Waals surface area contributed by atoms with Crippen LogP contribution in [0.5, 0.6) is 0 Å². The Labute approximate surface area is 189 Å². The van der Waals surface area contributed by atoms with Gasteiger partial charge in [0.05, 0.1) is 32.6 Å². The van der Waals surface area contributed by atoms with Gasteiger partial charge in [0.1, 0.15) is 0 Å². The lowest BCUT2D eigenvalue weighted by atomic mass is 10.1. The van der Waals surface area contributed by atoms with Crippen LogP contribution in [-0.2, 0) is 16.6 Å². The normalized spacial score (nSPS) is 13.5. The maximum atomic E-state index is 12.9. The summed E-state index contributed by atoms with van der Waals surface area (Å²) in [6.45, 7) is 1.88. The van der Waals surface area contributed by atoms with Gasteiger partial charge in [-0.2, -0.15) is 0 Å². The fourth-order valence-corrected chi connectivity index (χ4v) is 4.62. The third-order valence-electron chi connectivity index (χ3n) is 4.88. The molecule has 0 aromatic heterocycles. The van der Waals surface area contributed by atoms with Gasteiger partial charge in [0.15, 0.2) is 0 Å². The first-order valence-electron chi connectivity index (χ1n) is 9.19. The summed E-state index contributed by atoms with van der Waals surface area (Å²) in [4.78, 5) is 26.8. The number of sulfonamides is 1. The number of fused-ring (bicyclic) bond motifs is 1. The van der Waals surface area contributed by atoms with Crippen LogP contribution >= 0.6 is 23.2 Å². The third kappa shape index (κ3) is 4.17. The molecule has 0 unspecified atom stereocenters. The molecule has 0 aliphatic carbocycles. The van der Waals surface area contributed by atoms with E-state index in [-0.39, 0.29) is 28.3 Å². The van der Waals surface area contributed by atoms with Crippen LogP contribution in [0.1, 0.15) is 31.8 Å². The quantitative estimate of drug-likeness (QED) is 0.533. The highest BCUT2D eigenvalue weighted by molar-refractivity contribution is 7.92. The summed E-state index contributed by atoms with van der Waals surface area (Å²) in [6, 6.07) is 15.5. The molecule has 2 amide bonds. The number of anilines is 1. The first kappa shape index (κ1) is 21.4. The van der Waals surface area contributed by atoms with Crippen molar-refractivity contribution in [3.05, 3.63) is 93.0 Å². The minimum atomic E-state index is -3.84. The first-order chi connectivity index (χ1) is 14.7. The zero-order valence-electron chi connectivity index (χ0n) is 16.2. The van der Waals surface area contributed by atoms with Crippen LogP contribution in [-0.4, -0.2) is 25.1 Å². The summed E-state index contributed by atoms with van der Waals surface area (Å²) in [6.07, 6.45) is 0. The Morgan fingerprint density at radius 1 is 0.839 bits per heavy atom. The van der Waals surface area contributed by atoms with Gasteiger partial charge in [-0.05, 0) is 55.0 Å². The number of hydrogen-bond acceptors (Lipinski definition) is 4. The number of benzene rings is 3. The van der Waals surface area contributed by atoms with Crippen molar-refractivity contribution in [2.75, 3.05) is 4.72 Å². The van der Waals surface area contributed by atoms with E-state index in [1.54, 1.807) is 30.3 Å². The maximum absolute atomic E-state index is 12.9. The zero-order valence-corrected chi connectivity index (χ0v) is 18.6. The molecular formula is C22H16Cl2N2O4S. The van der Waals surface area contributed by atoms with E-state index in [0.717, 1.165) is 10.5 Å². The smallest absolute Gasteiger partial charge is 0.261 e. The minimum Gasteiger partial charge on any atom is -0.280 e. The monoisotopic (exact) mass is 474 g/mol. The fraction of sp³-hybridized carbons (Fsp3) is 0.0909. The van der Waals surface area contributed by atoms with Crippen LogP contribution in [0.3, 0.4) is 0 Å². The first-order valence-corrected chi connectivity index (χ1v) is 11.4. The van der Waals surface area contributed by atoms with E-state index in [4.69, 9.17) is 23.2 Å². The summed E-state index contributed by atoms with van der Waals surface area (Å²) < 4.78 is 27.7. The molecule has 6 nitrogen and oxygen atoms in total. The summed E-state index contributed by atoms with van der Waals surface area (Å²) in [5.74, 6) is -0.971. The second-order valence-corrected chi connectivity index (χ2v) is 9.62. The molecule has 3 aromatic rings. The topological polar surface area (TPSA) is 83.6 Å². The van der Waals surface area contributed by atoms with Gasteiger partial charge in [0, 0.05) is 5.69 Å². The fourth-order valence-electron chi connectivity index (χ4n) is 3.25. The summed E-state index contributed by atoms with van der Waals surface area (Å²) >= 11 is 11.9. The van der Waals surface area contributed by atoms with Crippen LogP contribution in [0.25, 0.3) is 0 Å². The lowest BCUT2D eigenvalue weighted by Gasteiger charge is -2.14. The molecule has 0 saturated carbocycles. The zero-order chi connectivity index (χ0) is 22.3. The number of aryl methyl sites for hydroxylation is 1. The Morgan fingerprint density at radius 2 is 1.52 bits per heavy atom. The van der Waals surface area contributed by atoms with Gasteiger partial charge in [0.25, 0.3) is 21.8 Å². The van der Waals surface area contributed by atoms with Gasteiger partial charge < -0.3 is 0 Å². The van der Waals surface area contributed by atoms with Gasteiger partial charge in [-0.25, -0.2) is 8.42 Å². The summed E-state index contributed by atoms with van der Waals surface area (Å²) in [5.41, 5.74) is 2.11. The van der Waals surface area contributed by atoms with Crippen LogP contribution in [0.2, 0.25) is 10.0 Å². The van der Waals surface area contributed by atoms with E-state index in [1.165, 1.54) is 30.3 Å². The second-order valence-electron chi connectivity index (χ2n) is 7.12. The Bertz CT molecular complexity index is 1320. The van der Waals surface area contributed by atoms with Gasteiger partial charge in [-0.15, -0.1) is 0 Å². The Morgan fingerprint density at radius 3 is 2.19 bits per heavy atom. The molecule has 4 rings (SSSR count). The van der Waals surface area contributed by atoms with Crippen LogP contribution in [0, 0.1) is 6.92 Å². The van der Waals surface area contributed by atoms with Gasteiger partial charge in [-0.3, -0.25) is 19.2 Å². The van der Waals surface area contributed by atoms with Crippen molar-refractivity contribution >= 4 is 50.7 Å². The molecule has 0 fully saturated rings. The molecule has 9 heteroatoms. The lowest BCUT2D eigenvalue weighted by Crippen LogP contribution is -2.29. The molecule has 0 spiro atoms. The van der Waals surface area contributed by atoms with Crippen molar-refractivity contribution < 1.29 is 18.0 Å². The Hall–Kier alpha value is -2.87. The van der Waals surface area contributed by atoms with Crippen molar-refractivity contribution in [3.63, 3.8) is 0 Å². The summed E-state index contributed by atoms with van der Waals surface area (Å²) in [5, 5.41) is 0.696. The molecule has 0 bridgehead atoms. The highest BCUT2D eigenvalue weighted by Crippen LogP contribution is 2.30. The molecule has 1 heterocycles. The van der Waals surface area contributed by atoms with E-state index in [0.29, 0.717) is 15.6 Å². The number of imide groups is 1. The van der Waals surface area contributed by atoms with Gasteiger partial charge >= 0.3 is 0 Å². The number of rotatable bonds is 5. The molecule has 1 aliphatic rings. The highest BCUT2D eigenvalue weighted by Gasteiger charge is 2.36. The molecule has 0 radical (unpaired) electrons. The molecule has 31 heavy (non-hydrogen) atoms. The number of halogens is 2. The lowest BCUT2D eigenvalue weighted by molar-refractivity contribution is 0.0642. The van der Waals surface area contributed by atoms with E-state index < -0.39 is 21.8 Å². The number of nitrogens with one attached hydrogen (secondary N) is 1. The predicted octanol–water partition coefficient (Wildman–Crippen LogP) is 4.90. The van der Waals surface area contributed by atoms with Crippen LogP contribution in [0.15, 0.2) is 65.6 Å². The van der Waals surface area contributed by atoms with E-state index >= 15 is 0 Å². The van der Waals surface area contributed by atoms with Crippen molar-refractivity contribution in [1.82, 2.24) is 4.90 Å². The average Bonchev–Trinajstić information content (AvgIpc) is 2.95. The summed E-state index contributed by atoms with van der Waals surface area (Å²) in [7, 11) is -3.84. The number of amides is 2. The number of carbonyl (C=O) groups is 2. The van der Waals surface area contributed by atoms with E-state index in [9.17, 15) is 18.0 Å². The Kier molecular flexibility index (Phi) is 5.51. The second kappa shape index (κ2) is 8.00. The van der Waals surface area contributed by atoms with E-state index in [2.05, 4.69) is 4.72 Å². The minimum absolute atomic E-state index is 0.0215. The van der Waals surface area contributed by atoms with Crippen LogP contribution in [0.4, 0.5) is 5.69 Å². The van der Waals surface area contributed by atoms with Crippen LogP contribution < -0.4 is 4.72 Å². The van der Waals surface area contributed by atoms with Crippen molar-refractivity contribution in [3.8, 4) is 0 Å². The number of nitrogens with zero attached hydrogens (tertiary/aromatic N) is 1. The average molecular weight is 475 g/mol. The maximum Gasteiger partial charge on any atom is 0.261 e. The number of carbonyl (C=O) groups excluding carboxylic acids is 2. The molecular weight excluding hydrogens is 459 g/mol. The van der Waals surface area contributed by atoms with Crippen molar-refractivity contribution in [2.45, 2.75) is 18.4 Å². The SMILES string of the molecule is Cc1ccc(S(=O)(=O)Nc2ccc3c(c2)C(=O)N(Cc2ccc(Cl)c(Cl)c2)C3=O)cc1. The van der Waals surface area contributed by atoms with Crippen molar-refractivity contribution in [1.29, 1.82) is 0 Å². The van der Waals surface area contributed by atoms with Gasteiger partial charge in [-0.1, -0.05) is 47.0 Å². The highest BCUT2D eigenvalue weighted by atomic mass is 35.5. The molecule has 1 aliphatic heterocycles. The molecule has 3 aromatic carbocycles. The van der Waals surface area contributed by atoms with Crippen molar-refractivity contribution in [2.24, 2.45) is 0 Å². The molecule has 158 valence electrons. The standard InChI is InChI=1S/C22H16Cl2N2O4S/c1-13-2-6-16(7-3-13)31(29,30)25-15-5-8-17-18(11-15)22(28)26(21(17)27)12-14-4-9-19(23)20(24)10-14/h2-11,25H,12H2,1H3. The largest absolute Gasteiger partial charge is 0.280 e. The van der Waals surface area contributed by atoms with Gasteiger partial charge in [0.2, 0.25) is 0 Å².